The van der Waals surface area contributed by atoms with Crippen LogP contribution in [0.25, 0.3) is 0 Å². The van der Waals surface area contributed by atoms with Crippen molar-refractivity contribution in [3.63, 3.8) is 0 Å². The van der Waals surface area contributed by atoms with Crippen LogP contribution in [0.2, 0.25) is 0 Å². The molecule has 1 amide bonds. The van der Waals surface area contributed by atoms with Gasteiger partial charge in [0.1, 0.15) is 5.76 Å². The Balaban J connectivity index is 2.34. The number of hydrazine groups is 1. The van der Waals surface area contributed by atoms with Crippen LogP contribution in [0.3, 0.4) is 0 Å². The van der Waals surface area contributed by atoms with Crippen molar-refractivity contribution in [2.75, 3.05) is 19.8 Å². The molecule has 0 spiro atoms. The molecule has 6 heteroatoms. The molecule has 0 aliphatic heterocycles. The molecule has 1 heterocycles. The van der Waals surface area contributed by atoms with E-state index >= 15 is 0 Å². The number of amides is 1. The Morgan fingerprint density at radius 3 is 2.78 bits per heavy atom. The molecule has 0 fully saturated rings. The van der Waals surface area contributed by atoms with E-state index in [0.29, 0.717) is 25.6 Å². The summed E-state index contributed by atoms with van der Waals surface area (Å²) in [6, 6.07) is 1.63. The zero-order valence-electron chi connectivity index (χ0n) is 10.8. The van der Waals surface area contributed by atoms with Gasteiger partial charge < -0.3 is 13.9 Å². The van der Waals surface area contributed by atoms with Crippen LogP contribution in [-0.2, 0) is 16.1 Å². The fourth-order valence-electron chi connectivity index (χ4n) is 1.39. The van der Waals surface area contributed by atoms with Gasteiger partial charge in [-0.25, -0.2) is 5.84 Å². The number of nitrogen functional groups attached to an aromatic ring is 1. The number of nitrogens with two attached hydrogens (primary N) is 1. The number of rotatable bonds is 8. The maximum atomic E-state index is 11.2. The summed E-state index contributed by atoms with van der Waals surface area (Å²) < 4.78 is 16.0. The number of furan rings is 1. The number of hydrogen-bond acceptors (Lipinski definition) is 5. The van der Waals surface area contributed by atoms with Crippen LogP contribution in [0.4, 0.5) is 0 Å². The minimum atomic E-state index is -0.448. The number of nitrogens with one attached hydrogen (secondary N) is 1. The van der Waals surface area contributed by atoms with Crippen molar-refractivity contribution < 1.29 is 18.7 Å². The maximum Gasteiger partial charge on any atom is 0.300 e. The lowest BCUT2D eigenvalue weighted by atomic mass is 10.2. The third-order valence-corrected chi connectivity index (χ3v) is 2.35. The van der Waals surface area contributed by atoms with Gasteiger partial charge in [0.25, 0.3) is 0 Å². The Hall–Kier alpha value is -1.37. The fraction of sp³-hybridized carbons (Fsp3) is 0.583. The van der Waals surface area contributed by atoms with E-state index in [1.54, 1.807) is 13.0 Å². The molecule has 6 nitrogen and oxygen atoms in total. The van der Waals surface area contributed by atoms with Crippen molar-refractivity contribution in [3.8, 4) is 0 Å². The van der Waals surface area contributed by atoms with Crippen LogP contribution < -0.4 is 11.3 Å². The first-order valence-electron chi connectivity index (χ1n) is 5.94. The Kier molecular flexibility index (Phi) is 6.42. The van der Waals surface area contributed by atoms with Gasteiger partial charge in [0, 0.05) is 12.2 Å². The second-order valence-corrected chi connectivity index (χ2v) is 3.83. The molecule has 0 radical (unpaired) electrons. The molecule has 0 aromatic carbocycles. The highest BCUT2D eigenvalue weighted by molar-refractivity contribution is 5.91. The minimum absolute atomic E-state index is 0.191. The SMILES string of the molecule is CCCOCCOCc1cc(C(=O)NN)oc1C. The second-order valence-electron chi connectivity index (χ2n) is 3.83. The van der Waals surface area contributed by atoms with Crippen molar-refractivity contribution in [3.05, 3.63) is 23.2 Å². The Labute approximate surface area is 106 Å². The maximum absolute atomic E-state index is 11.2. The second kappa shape index (κ2) is 7.86. The van der Waals surface area contributed by atoms with Crippen LogP contribution >= 0.6 is 0 Å². The fourth-order valence-corrected chi connectivity index (χ4v) is 1.39. The van der Waals surface area contributed by atoms with Gasteiger partial charge in [0.05, 0.1) is 19.8 Å². The van der Waals surface area contributed by atoms with Gasteiger partial charge in [-0.15, -0.1) is 0 Å². The number of aryl methyl sites for hydroxylation is 1. The van der Waals surface area contributed by atoms with Gasteiger partial charge in [-0.3, -0.25) is 10.2 Å². The first-order valence-corrected chi connectivity index (χ1v) is 5.94. The summed E-state index contributed by atoms with van der Waals surface area (Å²) in [5, 5.41) is 0. The van der Waals surface area contributed by atoms with E-state index in [9.17, 15) is 4.79 Å². The number of ether oxygens (including phenoxy) is 2. The first-order chi connectivity index (χ1) is 8.69. The first kappa shape index (κ1) is 14.7. The zero-order chi connectivity index (χ0) is 13.4. The van der Waals surface area contributed by atoms with Crippen LogP contribution in [0.1, 0.15) is 35.2 Å². The van der Waals surface area contributed by atoms with Crippen molar-refractivity contribution in [1.29, 1.82) is 0 Å². The monoisotopic (exact) mass is 256 g/mol. The van der Waals surface area contributed by atoms with Crippen molar-refractivity contribution in [2.45, 2.75) is 26.9 Å². The molecule has 1 aromatic heterocycles. The molecule has 102 valence electrons. The molecule has 0 aliphatic rings. The van der Waals surface area contributed by atoms with E-state index in [2.05, 4.69) is 6.92 Å². The summed E-state index contributed by atoms with van der Waals surface area (Å²) in [6.07, 6.45) is 0.998. The molecule has 1 rings (SSSR count). The van der Waals surface area contributed by atoms with Gasteiger partial charge in [0.15, 0.2) is 5.76 Å². The average Bonchev–Trinajstić information content (AvgIpc) is 2.74. The molecule has 3 N–H and O–H groups in total. The summed E-state index contributed by atoms with van der Waals surface area (Å²) in [5.41, 5.74) is 2.86. The van der Waals surface area contributed by atoms with Gasteiger partial charge in [-0.05, 0) is 19.4 Å². The highest BCUT2D eigenvalue weighted by Gasteiger charge is 2.13. The van der Waals surface area contributed by atoms with Crippen molar-refractivity contribution in [1.82, 2.24) is 5.43 Å². The standard InChI is InChI=1S/C12H20N2O4/c1-3-4-16-5-6-17-8-10-7-11(12(15)14-13)18-9(10)2/h7H,3-6,8,13H2,1-2H3,(H,14,15). The normalized spacial score (nSPS) is 10.6. The molecule has 1 aromatic rings. The van der Waals surface area contributed by atoms with Gasteiger partial charge in [-0.2, -0.15) is 0 Å². The Morgan fingerprint density at radius 1 is 1.39 bits per heavy atom. The molecular weight excluding hydrogens is 236 g/mol. The molecule has 0 aliphatic carbocycles. The van der Waals surface area contributed by atoms with E-state index in [1.807, 2.05) is 5.43 Å². The van der Waals surface area contributed by atoms with Crippen molar-refractivity contribution >= 4 is 5.91 Å². The lowest BCUT2D eigenvalue weighted by molar-refractivity contribution is 0.0405. The summed E-state index contributed by atoms with van der Waals surface area (Å²) in [7, 11) is 0. The molecule has 0 saturated carbocycles. The van der Waals surface area contributed by atoms with Gasteiger partial charge in [-0.1, -0.05) is 6.92 Å². The molecule has 0 atom stereocenters. The third-order valence-electron chi connectivity index (χ3n) is 2.35. The molecule has 0 bridgehead atoms. The van der Waals surface area contributed by atoms with Crippen LogP contribution in [0, 0.1) is 6.92 Å². The van der Waals surface area contributed by atoms with Gasteiger partial charge >= 0.3 is 5.91 Å². The summed E-state index contributed by atoms with van der Waals surface area (Å²) in [5.74, 6) is 5.42. The molecular formula is C12H20N2O4. The van der Waals surface area contributed by atoms with E-state index < -0.39 is 5.91 Å². The lowest BCUT2D eigenvalue weighted by Crippen LogP contribution is -2.29. The minimum Gasteiger partial charge on any atom is -0.456 e. The lowest BCUT2D eigenvalue weighted by Gasteiger charge is -2.03. The summed E-state index contributed by atoms with van der Waals surface area (Å²) >= 11 is 0. The quantitative estimate of drug-likeness (QED) is 0.315. The van der Waals surface area contributed by atoms with Gasteiger partial charge in [0.2, 0.25) is 0 Å². The van der Waals surface area contributed by atoms with Crippen LogP contribution in [-0.4, -0.2) is 25.7 Å². The third kappa shape index (κ3) is 4.48. The smallest absolute Gasteiger partial charge is 0.300 e. The van der Waals surface area contributed by atoms with Crippen LogP contribution in [0.15, 0.2) is 10.5 Å². The summed E-state index contributed by atoms with van der Waals surface area (Å²) in [4.78, 5) is 11.2. The highest BCUT2D eigenvalue weighted by Crippen LogP contribution is 2.15. The number of hydrogen-bond donors (Lipinski definition) is 2. The van der Waals surface area contributed by atoms with Crippen LogP contribution in [0.5, 0.6) is 0 Å². The van der Waals surface area contributed by atoms with E-state index in [1.165, 1.54) is 0 Å². The largest absolute Gasteiger partial charge is 0.456 e. The van der Waals surface area contributed by atoms with Crippen molar-refractivity contribution in [2.24, 2.45) is 5.84 Å². The molecule has 0 unspecified atom stereocenters. The Bertz CT molecular complexity index is 376. The number of carbonyl (C=O) groups excluding carboxylic acids is 1. The van der Waals surface area contributed by atoms with E-state index in [4.69, 9.17) is 19.7 Å². The predicted octanol–water partition coefficient (Wildman–Crippen LogP) is 1.13. The van der Waals surface area contributed by atoms with E-state index in [-0.39, 0.29) is 5.76 Å². The highest BCUT2D eigenvalue weighted by atomic mass is 16.5. The molecule has 0 saturated heterocycles. The predicted molar refractivity (Wildman–Crippen MR) is 65.9 cm³/mol. The van der Waals surface area contributed by atoms with E-state index in [0.717, 1.165) is 18.6 Å². The summed E-state index contributed by atoms with van der Waals surface area (Å²) in [6.45, 7) is 6.06. The zero-order valence-corrected chi connectivity index (χ0v) is 10.8. The molecule has 18 heavy (non-hydrogen) atoms. The number of carbonyl (C=O) groups is 1. The Morgan fingerprint density at radius 2 is 2.11 bits per heavy atom. The topological polar surface area (TPSA) is 86.7 Å². The average molecular weight is 256 g/mol.